The summed E-state index contributed by atoms with van der Waals surface area (Å²) in [5, 5.41) is 0. The van der Waals surface area contributed by atoms with E-state index in [4.69, 9.17) is 0 Å². The summed E-state index contributed by atoms with van der Waals surface area (Å²) in [4.78, 5) is 2.43. The standard InChI is InChI=1S/C24H31N/c1-5-8-10-15-22-18-25(4)19-24(23(22)7-3)21(6-2)17-16-20-13-11-9-12-14-20/h5-9,11-17,24H,10,18-19H2,1-4H3/b8-5+,17-16-,21-6+,22-15-,23-7?. The maximum Gasteiger partial charge on any atom is 0.0230 e. The Morgan fingerprint density at radius 3 is 2.56 bits per heavy atom. The van der Waals surface area contributed by atoms with Crippen molar-refractivity contribution in [3.63, 3.8) is 0 Å². The summed E-state index contributed by atoms with van der Waals surface area (Å²) in [5.74, 6) is 0.436. The van der Waals surface area contributed by atoms with Crippen molar-refractivity contribution in [2.75, 3.05) is 20.1 Å². The molecule has 1 nitrogen and oxygen atoms in total. The van der Waals surface area contributed by atoms with Crippen LogP contribution in [0.25, 0.3) is 6.08 Å². The van der Waals surface area contributed by atoms with Gasteiger partial charge in [-0.15, -0.1) is 0 Å². The van der Waals surface area contributed by atoms with Crippen LogP contribution in [-0.4, -0.2) is 25.0 Å². The Labute approximate surface area is 153 Å². The molecule has 0 radical (unpaired) electrons. The first-order valence-electron chi connectivity index (χ1n) is 9.24. The van der Waals surface area contributed by atoms with Gasteiger partial charge in [-0.3, -0.25) is 0 Å². The van der Waals surface area contributed by atoms with Crippen LogP contribution in [0.5, 0.6) is 0 Å². The summed E-state index contributed by atoms with van der Waals surface area (Å²) in [6.45, 7) is 8.50. The van der Waals surface area contributed by atoms with Gasteiger partial charge in [-0.25, -0.2) is 0 Å². The molecule has 25 heavy (non-hydrogen) atoms. The fourth-order valence-electron chi connectivity index (χ4n) is 3.45. The van der Waals surface area contributed by atoms with E-state index < -0.39 is 0 Å². The Morgan fingerprint density at radius 2 is 1.92 bits per heavy atom. The molecule has 1 saturated heterocycles. The number of likely N-dealkylation sites (N-methyl/N-ethyl adjacent to an activating group) is 1. The van der Waals surface area contributed by atoms with E-state index in [-0.39, 0.29) is 0 Å². The van der Waals surface area contributed by atoms with E-state index in [9.17, 15) is 0 Å². The Hall–Kier alpha value is -2.12. The van der Waals surface area contributed by atoms with Crippen LogP contribution < -0.4 is 0 Å². The first kappa shape index (κ1) is 19.2. The highest BCUT2D eigenvalue weighted by atomic mass is 15.1. The quantitative estimate of drug-likeness (QED) is 0.468. The average molecular weight is 334 g/mol. The van der Waals surface area contributed by atoms with E-state index in [0.717, 1.165) is 19.5 Å². The summed E-state index contributed by atoms with van der Waals surface area (Å²) in [5.41, 5.74) is 5.58. The van der Waals surface area contributed by atoms with Gasteiger partial charge in [0.1, 0.15) is 0 Å². The van der Waals surface area contributed by atoms with Crippen molar-refractivity contribution in [1.29, 1.82) is 0 Å². The second-order valence-electron chi connectivity index (χ2n) is 6.56. The van der Waals surface area contributed by atoms with E-state index >= 15 is 0 Å². The van der Waals surface area contributed by atoms with E-state index in [0.29, 0.717) is 5.92 Å². The van der Waals surface area contributed by atoms with E-state index in [1.165, 1.54) is 22.3 Å². The van der Waals surface area contributed by atoms with Gasteiger partial charge in [-0.1, -0.05) is 72.9 Å². The maximum absolute atomic E-state index is 2.43. The monoisotopic (exact) mass is 333 g/mol. The first-order chi connectivity index (χ1) is 12.2. The van der Waals surface area contributed by atoms with E-state index in [1.54, 1.807) is 0 Å². The topological polar surface area (TPSA) is 3.24 Å². The van der Waals surface area contributed by atoms with Gasteiger partial charge in [0.15, 0.2) is 0 Å². The van der Waals surface area contributed by atoms with Crippen LogP contribution in [0.2, 0.25) is 0 Å². The molecular weight excluding hydrogens is 302 g/mol. The number of benzene rings is 1. The summed E-state index contributed by atoms with van der Waals surface area (Å²) < 4.78 is 0. The molecule has 0 N–H and O–H groups in total. The zero-order valence-electron chi connectivity index (χ0n) is 16.1. The van der Waals surface area contributed by atoms with Gasteiger partial charge >= 0.3 is 0 Å². The molecule has 1 aromatic carbocycles. The lowest BCUT2D eigenvalue weighted by molar-refractivity contribution is 0.311. The molecule has 0 aliphatic carbocycles. The molecule has 0 amide bonds. The van der Waals surface area contributed by atoms with Crippen LogP contribution in [-0.2, 0) is 0 Å². The van der Waals surface area contributed by atoms with Crippen molar-refractivity contribution in [2.24, 2.45) is 5.92 Å². The Bertz CT molecular complexity index is 686. The predicted molar refractivity (Wildman–Crippen MR) is 111 cm³/mol. The molecule has 1 heteroatoms. The highest BCUT2D eigenvalue weighted by Crippen LogP contribution is 2.33. The Kier molecular flexibility index (Phi) is 7.69. The van der Waals surface area contributed by atoms with Crippen molar-refractivity contribution in [2.45, 2.75) is 27.2 Å². The molecule has 1 aliphatic heterocycles. The van der Waals surface area contributed by atoms with Crippen LogP contribution in [0.4, 0.5) is 0 Å². The predicted octanol–water partition coefficient (Wildman–Crippen LogP) is 6.05. The van der Waals surface area contributed by atoms with Crippen molar-refractivity contribution >= 4 is 6.08 Å². The second kappa shape index (κ2) is 10.0. The fourth-order valence-corrected chi connectivity index (χ4v) is 3.45. The van der Waals surface area contributed by atoms with Gasteiger partial charge in [-0.05, 0) is 56.5 Å². The SMILES string of the molecule is CC=C1/C(=C\C/C=C/C)CN(C)CC1C(/C=C\c1ccccc1)=C/C. The van der Waals surface area contributed by atoms with Crippen LogP contribution in [0.1, 0.15) is 32.8 Å². The second-order valence-corrected chi connectivity index (χ2v) is 6.56. The molecule has 1 aromatic rings. The third kappa shape index (κ3) is 5.44. The van der Waals surface area contributed by atoms with Crippen molar-refractivity contribution in [3.05, 3.63) is 89.1 Å². The smallest absolute Gasteiger partial charge is 0.0230 e. The van der Waals surface area contributed by atoms with Gasteiger partial charge in [0, 0.05) is 19.0 Å². The van der Waals surface area contributed by atoms with Crippen LogP contribution >= 0.6 is 0 Å². The summed E-state index contributed by atoms with van der Waals surface area (Å²) in [6, 6.07) is 10.5. The number of likely N-dealkylation sites (tertiary alicyclic amines) is 1. The summed E-state index contributed by atoms with van der Waals surface area (Å²) in [6.07, 6.45) is 16.8. The number of hydrogen-bond acceptors (Lipinski definition) is 1. The van der Waals surface area contributed by atoms with Crippen molar-refractivity contribution in [3.8, 4) is 0 Å². The van der Waals surface area contributed by atoms with E-state index in [2.05, 4.69) is 106 Å². The van der Waals surface area contributed by atoms with Gasteiger partial charge in [0.2, 0.25) is 0 Å². The minimum atomic E-state index is 0.436. The van der Waals surface area contributed by atoms with Crippen molar-refractivity contribution < 1.29 is 0 Å². The van der Waals surface area contributed by atoms with Gasteiger partial charge in [-0.2, -0.15) is 0 Å². The molecule has 1 unspecified atom stereocenters. The largest absolute Gasteiger partial charge is 0.301 e. The fraction of sp³-hybridized carbons (Fsp3) is 0.333. The zero-order chi connectivity index (χ0) is 18.1. The number of hydrogen-bond donors (Lipinski definition) is 0. The summed E-state index contributed by atoms with van der Waals surface area (Å²) >= 11 is 0. The third-order valence-electron chi connectivity index (χ3n) is 4.73. The minimum absolute atomic E-state index is 0.436. The molecule has 2 rings (SSSR count). The first-order valence-corrected chi connectivity index (χ1v) is 9.24. The molecule has 0 spiro atoms. The molecule has 1 heterocycles. The lowest BCUT2D eigenvalue weighted by atomic mass is 9.81. The number of nitrogens with zero attached hydrogens (tertiary/aromatic N) is 1. The normalized spacial score (nSPS) is 23.4. The van der Waals surface area contributed by atoms with Gasteiger partial charge in [0.05, 0.1) is 0 Å². The lowest BCUT2D eigenvalue weighted by Crippen LogP contribution is -2.36. The highest BCUT2D eigenvalue weighted by molar-refractivity contribution is 5.55. The maximum atomic E-state index is 2.43. The molecule has 1 aliphatic rings. The summed E-state index contributed by atoms with van der Waals surface area (Å²) in [7, 11) is 2.22. The lowest BCUT2D eigenvalue weighted by Gasteiger charge is -2.35. The molecular formula is C24H31N. The molecule has 1 fully saturated rings. The molecule has 0 saturated carbocycles. The Balaban J connectivity index is 2.27. The van der Waals surface area contributed by atoms with Crippen LogP contribution in [0, 0.1) is 5.92 Å². The molecule has 0 aromatic heterocycles. The minimum Gasteiger partial charge on any atom is -0.301 e. The average Bonchev–Trinajstić information content (AvgIpc) is 2.63. The highest BCUT2D eigenvalue weighted by Gasteiger charge is 2.26. The van der Waals surface area contributed by atoms with E-state index in [1.807, 2.05) is 0 Å². The Morgan fingerprint density at radius 1 is 1.16 bits per heavy atom. The van der Waals surface area contributed by atoms with Gasteiger partial charge < -0.3 is 4.90 Å². The molecule has 1 atom stereocenters. The van der Waals surface area contributed by atoms with Crippen molar-refractivity contribution in [1.82, 2.24) is 4.90 Å². The molecule has 132 valence electrons. The van der Waals surface area contributed by atoms with Crippen LogP contribution in [0.3, 0.4) is 0 Å². The number of rotatable bonds is 5. The zero-order valence-corrected chi connectivity index (χ0v) is 16.1. The van der Waals surface area contributed by atoms with Gasteiger partial charge in [0.25, 0.3) is 0 Å². The van der Waals surface area contributed by atoms with Crippen LogP contribution in [0.15, 0.2) is 83.5 Å². The number of allylic oxidation sites excluding steroid dienone is 6. The third-order valence-corrected chi connectivity index (χ3v) is 4.73. The molecule has 0 bridgehead atoms. The number of piperidine rings is 1.